The maximum Gasteiger partial charge on any atom is 0.253 e. The summed E-state index contributed by atoms with van der Waals surface area (Å²) in [7, 11) is 1.61. The number of anilines is 1. The Labute approximate surface area is 145 Å². The summed E-state index contributed by atoms with van der Waals surface area (Å²) in [5.74, 6) is -0.204. The van der Waals surface area contributed by atoms with Crippen molar-refractivity contribution in [3.05, 3.63) is 59.4 Å². The van der Waals surface area contributed by atoms with Gasteiger partial charge in [-0.1, -0.05) is 12.1 Å². The molecule has 25 heavy (non-hydrogen) atoms. The maximum absolute atomic E-state index is 13.4. The second-order valence-corrected chi connectivity index (χ2v) is 6.07. The summed E-state index contributed by atoms with van der Waals surface area (Å²) in [5.41, 5.74) is 1.52. The van der Waals surface area contributed by atoms with Gasteiger partial charge in [0.05, 0.1) is 18.4 Å². The summed E-state index contributed by atoms with van der Waals surface area (Å²) in [5, 5.41) is 5.43. The topological polar surface area (TPSA) is 67.4 Å². The third kappa shape index (κ3) is 3.96. The Morgan fingerprint density at radius 2 is 2.00 bits per heavy atom. The predicted molar refractivity (Wildman–Crippen MR) is 92.3 cm³/mol. The lowest BCUT2D eigenvalue weighted by atomic mass is 10.1. The normalized spacial score (nSPS) is 18.4. The summed E-state index contributed by atoms with van der Waals surface area (Å²) in [6.45, 7) is 1.31. The maximum atomic E-state index is 13.4. The van der Waals surface area contributed by atoms with Gasteiger partial charge in [-0.05, 0) is 42.3 Å². The summed E-state index contributed by atoms with van der Waals surface area (Å²) in [6.07, 6.45) is 0.829. The lowest BCUT2D eigenvalue weighted by Crippen LogP contribution is -2.27. The third-order valence-corrected chi connectivity index (χ3v) is 4.17. The van der Waals surface area contributed by atoms with Crippen LogP contribution in [-0.2, 0) is 4.79 Å². The van der Waals surface area contributed by atoms with Crippen molar-refractivity contribution in [3.8, 4) is 5.75 Å². The Bertz CT molecular complexity index is 822. The zero-order valence-corrected chi connectivity index (χ0v) is 14.0. The first-order valence-corrected chi connectivity index (χ1v) is 8.00. The monoisotopic (exact) mass is 342 g/mol. The number of hydrogen-bond acceptors (Lipinski definition) is 3. The molecule has 0 bridgehead atoms. The first-order chi connectivity index (χ1) is 12.0. The third-order valence-electron chi connectivity index (χ3n) is 4.17. The lowest BCUT2D eigenvalue weighted by molar-refractivity contribution is -0.114. The molecule has 0 spiro atoms. The molecule has 0 aromatic heterocycles. The second-order valence-electron chi connectivity index (χ2n) is 6.07. The van der Waals surface area contributed by atoms with Crippen LogP contribution in [0.2, 0.25) is 0 Å². The number of hydrogen-bond donors (Lipinski definition) is 2. The van der Waals surface area contributed by atoms with Crippen molar-refractivity contribution in [1.82, 2.24) is 5.32 Å². The van der Waals surface area contributed by atoms with Gasteiger partial charge in [-0.15, -0.1) is 0 Å². The first kappa shape index (κ1) is 17.0. The minimum absolute atomic E-state index is 0.00911. The van der Waals surface area contributed by atoms with Crippen molar-refractivity contribution in [2.24, 2.45) is 0 Å². The molecule has 2 amide bonds. The van der Waals surface area contributed by atoms with Gasteiger partial charge in [0.15, 0.2) is 0 Å². The molecule has 0 saturated heterocycles. The van der Waals surface area contributed by atoms with Crippen LogP contribution in [0.5, 0.6) is 5.75 Å². The number of methoxy groups -OCH3 is 1. The predicted octanol–water partition coefficient (Wildman–Crippen LogP) is 3.08. The van der Waals surface area contributed by atoms with Gasteiger partial charge in [0.2, 0.25) is 5.91 Å². The van der Waals surface area contributed by atoms with Crippen LogP contribution < -0.4 is 15.4 Å². The van der Waals surface area contributed by atoms with E-state index in [4.69, 9.17) is 4.74 Å². The van der Waals surface area contributed by atoms with Crippen LogP contribution >= 0.6 is 0 Å². The van der Waals surface area contributed by atoms with E-state index >= 15 is 0 Å². The first-order valence-electron chi connectivity index (χ1n) is 8.00. The molecule has 3 rings (SSSR count). The van der Waals surface area contributed by atoms with Gasteiger partial charge >= 0.3 is 0 Å². The molecule has 5 nitrogen and oxygen atoms in total. The van der Waals surface area contributed by atoms with E-state index < -0.39 is 5.82 Å². The molecular formula is C19H19FN2O3. The smallest absolute Gasteiger partial charge is 0.253 e. The molecule has 2 aromatic carbocycles. The molecule has 0 radical (unpaired) electrons. The van der Waals surface area contributed by atoms with E-state index in [1.165, 1.54) is 19.1 Å². The number of ether oxygens (including phenoxy) is 1. The van der Waals surface area contributed by atoms with Crippen LogP contribution in [-0.4, -0.2) is 25.0 Å². The number of halogens is 1. The molecule has 2 aromatic rings. The van der Waals surface area contributed by atoms with E-state index in [1.54, 1.807) is 7.11 Å². The fourth-order valence-electron chi connectivity index (χ4n) is 2.85. The van der Waals surface area contributed by atoms with E-state index in [2.05, 4.69) is 10.6 Å². The molecule has 0 aliphatic heterocycles. The zero-order chi connectivity index (χ0) is 18.0. The van der Waals surface area contributed by atoms with E-state index in [-0.39, 0.29) is 35.0 Å². The quantitative estimate of drug-likeness (QED) is 0.877. The van der Waals surface area contributed by atoms with Crippen LogP contribution in [0.3, 0.4) is 0 Å². The standard InChI is InChI=1S/C19H19FN2O3/c1-11(23)21-17-9-13(20)6-7-15(17)19(24)22-18-10-16(18)12-4-3-5-14(8-12)25-2/h3-9,16,18H,10H2,1-2H3,(H,21,23)(H,22,24)/t16-,18+/m0/s1. The van der Waals surface area contributed by atoms with Crippen molar-refractivity contribution in [3.63, 3.8) is 0 Å². The fourth-order valence-corrected chi connectivity index (χ4v) is 2.85. The van der Waals surface area contributed by atoms with E-state index in [0.29, 0.717) is 0 Å². The largest absolute Gasteiger partial charge is 0.497 e. The van der Waals surface area contributed by atoms with Crippen LogP contribution in [0.15, 0.2) is 42.5 Å². The van der Waals surface area contributed by atoms with Crippen LogP contribution in [0.25, 0.3) is 0 Å². The van der Waals surface area contributed by atoms with Gasteiger partial charge in [0.1, 0.15) is 11.6 Å². The van der Waals surface area contributed by atoms with Gasteiger partial charge in [0, 0.05) is 18.9 Å². The number of rotatable bonds is 5. The average Bonchev–Trinajstić information content (AvgIpc) is 3.33. The highest BCUT2D eigenvalue weighted by Gasteiger charge is 2.40. The molecule has 0 heterocycles. The van der Waals surface area contributed by atoms with Gasteiger partial charge in [-0.2, -0.15) is 0 Å². The van der Waals surface area contributed by atoms with Crippen molar-refractivity contribution in [2.45, 2.75) is 25.3 Å². The number of carbonyl (C=O) groups is 2. The average molecular weight is 342 g/mol. The highest BCUT2D eigenvalue weighted by atomic mass is 19.1. The summed E-state index contributed by atoms with van der Waals surface area (Å²) >= 11 is 0. The molecule has 1 saturated carbocycles. The van der Waals surface area contributed by atoms with Crippen LogP contribution in [0, 0.1) is 5.82 Å². The molecular weight excluding hydrogens is 323 g/mol. The highest BCUT2D eigenvalue weighted by molar-refractivity contribution is 6.03. The van der Waals surface area contributed by atoms with E-state index in [9.17, 15) is 14.0 Å². The van der Waals surface area contributed by atoms with Crippen molar-refractivity contribution >= 4 is 17.5 Å². The summed E-state index contributed by atoms with van der Waals surface area (Å²) < 4.78 is 18.6. The SMILES string of the molecule is COc1cccc([C@@H]2C[C@H]2NC(=O)c2ccc(F)cc2NC(C)=O)c1. The molecule has 2 atom stereocenters. The molecule has 1 aliphatic rings. The minimum Gasteiger partial charge on any atom is -0.497 e. The van der Waals surface area contributed by atoms with Gasteiger partial charge in [0.25, 0.3) is 5.91 Å². The Hall–Kier alpha value is -2.89. The van der Waals surface area contributed by atoms with E-state index in [0.717, 1.165) is 23.8 Å². The second kappa shape index (κ2) is 6.93. The number of nitrogens with one attached hydrogen (secondary N) is 2. The lowest BCUT2D eigenvalue weighted by Gasteiger charge is -2.11. The number of amides is 2. The van der Waals surface area contributed by atoms with Gasteiger partial charge in [-0.25, -0.2) is 4.39 Å². The molecule has 1 fully saturated rings. The minimum atomic E-state index is -0.513. The molecule has 0 unspecified atom stereocenters. The number of carbonyl (C=O) groups excluding carboxylic acids is 2. The van der Waals surface area contributed by atoms with Gasteiger partial charge in [-0.3, -0.25) is 9.59 Å². The van der Waals surface area contributed by atoms with Crippen molar-refractivity contribution < 1.29 is 18.7 Å². The fraction of sp³-hybridized carbons (Fsp3) is 0.263. The Morgan fingerprint density at radius 1 is 1.20 bits per heavy atom. The highest BCUT2D eigenvalue weighted by Crippen LogP contribution is 2.42. The summed E-state index contributed by atoms with van der Waals surface area (Å²) in [4.78, 5) is 23.8. The van der Waals surface area contributed by atoms with Crippen molar-refractivity contribution in [1.29, 1.82) is 0 Å². The Balaban J connectivity index is 1.70. The Morgan fingerprint density at radius 3 is 2.72 bits per heavy atom. The van der Waals surface area contributed by atoms with Gasteiger partial charge < -0.3 is 15.4 Å². The molecule has 6 heteroatoms. The number of benzene rings is 2. The molecule has 1 aliphatic carbocycles. The molecule has 130 valence electrons. The van der Waals surface area contributed by atoms with Crippen molar-refractivity contribution in [2.75, 3.05) is 12.4 Å². The Kier molecular flexibility index (Phi) is 4.70. The van der Waals surface area contributed by atoms with Crippen LogP contribution in [0.4, 0.5) is 10.1 Å². The van der Waals surface area contributed by atoms with E-state index in [1.807, 2.05) is 24.3 Å². The van der Waals surface area contributed by atoms with Crippen LogP contribution in [0.1, 0.15) is 35.2 Å². The summed E-state index contributed by atoms with van der Waals surface area (Å²) in [6, 6.07) is 11.5. The molecule has 2 N–H and O–H groups in total. The zero-order valence-electron chi connectivity index (χ0n) is 14.0.